The summed E-state index contributed by atoms with van der Waals surface area (Å²) in [5, 5.41) is 2.95. The molecule has 1 aromatic rings. The van der Waals surface area contributed by atoms with Crippen LogP contribution in [0.25, 0.3) is 0 Å². The van der Waals surface area contributed by atoms with Gasteiger partial charge < -0.3 is 20.5 Å². The van der Waals surface area contributed by atoms with E-state index in [4.69, 9.17) is 15.2 Å². The molecular formula is C18H27N3O4. The number of nitrogens with two attached hydrogens (primary N) is 1. The van der Waals surface area contributed by atoms with E-state index in [1.807, 2.05) is 30.0 Å². The summed E-state index contributed by atoms with van der Waals surface area (Å²) >= 11 is 0. The molecule has 2 rings (SSSR count). The number of rotatable bonds is 8. The van der Waals surface area contributed by atoms with Crippen molar-refractivity contribution in [2.24, 2.45) is 11.7 Å². The maximum atomic E-state index is 12.3. The van der Waals surface area contributed by atoms with Gasteiger partial charge in [0.25, 0.3) is 0 Å². The van der Waals surface area contributed by atoms with Crippen LogP contribution in [0.1, 0.15) is 18.9 Å². The Labute approximate surface area is 148 Å². The van der Waals surface area contributed by atoms with Crippen LogP contribution < -0.4 is 20.5 Å². The molecule has 1 aliphatic heterocycles. The Kier molecular flexibility index (Phi) is 6.64. The summed E-state index contributed by atoms with van der Waals surface area (Å²) in [5.41, 5.74) is 6.40. The lowest BCUT2D eigenvalue weighted by Crippen LogP contribution is -2.45. The van der Waals surface area contributed by atoms with Crippen molar-refractivity contribution in [2.45, 2.75) is 25.8 Å². The van der Waals surface area contributed by atoms with Crippen LogP contribution in [0.4, 0.5) is 0 Å². The van der Waals surface area contributed by atoms with Gasteiger partial charge in [-0.05, 0) is 44.0 Å². The quantitative estimate of drug-likeness (QED) is 0.715. The largest absolute Gasteiger partial charge is 0.493 e. The van der Waals surface area contributed by atoms with E-state index in [9.17, 15) is 9.59 Å². The van der Waals surface area contributed by atoms with E-state index in [2.05, 4.69) is 5.32 Å². The SMILES string of the molecule is COc1ccc(CCNC(=O)[C@@H](C)N2CC[C@H](C(N)=O)C2)cc1OC. The fourth-order valence-corrected chi connectivity index (χ4v) is 3.05. The van der Waals surface area contributed by atoms with E-state index in [1.165, 1.54) is 0 Å². The Morgan fingerprint density at radius 3 is 2.64 bits per heavy atom. The van der Waals surface area contributed by atoms with Crippen molar-refractivity contribution in [1.29, 1.82) is 0 Å². The molecule has 1 aliphatic rings. The van der Waals surface area contributed by atoms with Crippen molar-refractivity contribution in [1.82, 2.24) is 10.2 Å². The van der Waals surface area contributed by atoms with Crippen molar-refractivity contribution < 1.29 is 19.1 Å². The van der Waals surface area contributed by atoms with Crippen LogP contribution in [0.5, 0.6) is 11.5 Å². The molecule has 0 bridgehead atoms. The monoisotopic (exact) mass is 349 g/mol. The second kappa shape index (κ2) is 8.71. The topological polar surface area (TPSA) is 93.9 Å². The third-order valence-corrected chi connectivity index (χ3v) is 4.71. The first kappa shape index (κ1) is 19.1. The number of primary amides is 1. The van der Waals surface area contributed by atoms with Crippen molar-refractivity contribution in [2.75, 3.05) is 33.9 Å². The lowest BCUT2D eigenvalue weighted by Gasteiger charge is -2.23. The van der Waals surface area contributed by atoms with Gasteiger partial charge in [0.1, 0.15) is 0 Å². The summed E-state index contributed by atoms with van der Waals surface area (Å²) < 4.78 is 10.5. The third kappa shape index (κ3) is 4.85. The number of carbonyl (C=O) groups excluding carboxylic acids is 2. The van der Waals surface area contributed by atoms with Gasteiger partial charge in [0.05, 0.1) is 26.2 Å². The van der Waals surface area contributed by atoms with Gasteiger partial charge in [0.2, 0.25) is 11.8 Å². The van der Waals surface area contributed by atoms with Gasteiger partial charge in [-0.1, -0.05) is 6.07 Å². The Morgan fingerprint density at radius 1 is 1.32 bits per heavy atom. The Bertz CT molecular complexity index is 620. The minimum absolute atomic E-state index is 0.0365. The fraction of sp³-hybridized carbons (Fsp3) is 0.556. The van der Waals surface area contributed by atoms with Crippen molar-refractivity contribution >= 4 is 11.8 Å². The van der Waals surface area contributed by atoms with Gasteiger partial charge in [-0.3, -0.25) is 14.5 Å². The normalized spacial score (nSPS) is 18.6. The molecule has 3 N–H and O–H groups in total. The smallest absolute Gasteiger partial charge is 0.237 e. The van der Waals surface area contributed by atoms with Gasteiger partial charge in [0, 0.05) is 13.1 Å². The van der Waals surface area contributed by atoms with Crippen LogP contribution in [0.3, 0.4) is 0 Å². The summed E-state index contributed by atoms with van der Waals surface area (Å²) in [4.78, 5) is 25.6. The van der Waals surface area contributed by atoms with Crippen molar-refractivity contribution in [3.05, 3.63) is 23.8 Å². The number of methoxy groups -OCH3 is 2. The van der Waals surface area contributed by atoms with Crippen molar-refractivity contribution in [3.63, 3.8) is 0 Å². The van der Waals surface area contributed by atoms with E-state index in [1.54, 1.807) is 14.2 Å². The molecule has 1 fully saturated rings. The number of amides is 2. The number of ether oxygens (including phenoxy) is 2. The molecule has 138 valence electrons. The van der Waals surface area contributed by atoms with E-state index in [0.29, 0.717) is 31.0 Å². The summed E-state index contributed by atoms with van der Waals surface area (Å²) in [6.07, 6.45) is 1.42. The highest BCUT2D eigenvalue weighted by Gasteiger charge is 2.31. The molecule has 7 nitrogen and oxygen atoms in total. The number of nitrogens with one attached hydrogen (secondary N) is 1. The number of hydrogen-bond acceptors (Lipinski definition) is 5. The molecule has 2 atom stereocenters. The molecule has 0 aromatic heterocycles. The first-order valence-corrected chi connectivity index (χ1v) is 8.48. The first-order chi connectivity index (χ1) is 12.0. The number of hydrogen-bond donors (Lipinski definition) is 2. The van der Waals surface area contributed by atoms with Crippen LogP contribution >= 0.6 is 0 Å². The number of nitrogens with zero attached hydrogens (tertiary/aromatic N) is 1. The van der Waals surface area contributed by atoms with Gasteiger partial charge in [-0.25, -0.2) is 0 Å². The zero-order valence-corrected chi connectivity index (χ0v) is 15.1. The van der Waals surface area contributed by atoms with Crippen LogP contribution in [0, 0.1) is 5.92 Å². The van der Waals surface area contributed by atoms with Crippen LogP contribution in [-0.4, -0.2) is 56.6 Å². The summed E-state index contributed by atoms with van der Waals surface area (Å²) in [6.45, 7) is 3.67. The standard InChI is InChI=1S/C18H27N3O4/c1-12(21-9-7-14(11-21)17(19)22)18(23)20-8-6-13-4-5-15(24-2)16(10-13)25-3/h4-5,10,12,14H,6-9,11H2,1-3H3,(H2,19,22)(H,20,23)/t12-,14+/m1/s1. The highest BCUT2D eigenvalue weighted by atomic mass is 16.5. The molecule has 0 saturated carbocycles. The molecule has 2 amide bonds. The average molecular weight is 349 g/mol. The Morgan fingerprint density at radius 2 is 2.04 bits per heavy atom. The predicted molar refractivity (Wildman–Crippen MR) is 94.6 cm³/mol. The maximum absolute atomic E-state index is 12.3. The van der Waals surface area contributed by atoms with Gasteiger partial charge in [0.15, 0.2) is 11.5 Å². The third-order valence-electron chi connectivity index (χ3n) is 4.71. The second-order valence-corrected chi connectivity index (χ2v) is 6.29. The molecule has 7 heteroatoms. The van der Waals surface area contributed by atoms with Crippen LogP contribution in [0.15, 0.2) is 18.2 Å². The minimum atomic E-state index is -0.288. The highest BCUT2D eigenvalue weighted by molar-refractivity contribution is 5.82. The zero-order chi connectivity index (χ0) is 18.4. The van der Waals surface area contributed by atoms with E-state index < -0.39 is 0 Å². The maximum Gasteiger partial charge on any atom is 0.237 e. The predicted octanol–water partition coefficient (Wildman–Crippen LogP) is 0.558. The minimum Gasteiger partial charge on any atom is -0.493 e. The molecule has 1 aromatic carbocycles. The Balaban J connectivity index is 1.81. The summed E-state index contributed by atoms with van der Waals surface area (Å²) in [7, 11) is 3.20. The molecular weight excluding hydrogens is 322 g/mol. The zero-order valence-electron chi connectivity index (χ0n) is 15.1. The van der Waals surface area contributed by atoms with Gasteiger partial charge in [-0.15, -0.1) is 0 Å². The Hall–Kier alpha value is -2.28. The van der Waals surface area contributed by atoms with Crippen LogP contribution in [0.2, 0.25) is 0 Å². The summed E-state index contributed by atoms with van der Waals surface area (Å²) in [5.74, 6) is 0.882. The van der Waals surface area contributed by atoms with E-state index in [0.717, 1.165) is 18.5 Å². The van der Waals surface area contributed by atoms with Gasteiger partial charge >= 0.3 is 0 Å². The lowest BCUT2D eigenvalue weighted by atomic mass is 10.1. The second-order valence-electron chi connectivity index (χ2n) is 6.29. The van der Waals surface area contributed by atoms with Gasteiger partial charge in [-0.2, -0.15) is 0 Å². The molecule has 25 heavy (non-hydrogen) atoms. The number of benzene rings is 1. The molecule has 0 unspecified atom stereocenters. The molecule has 1 heterocycles. The van der Waals surface area contributed by atoms with Crippen molar-refractivity contribution in [3.8, 4) is 11.5 Å². The highest BCUT2D eigenvalue weighted by Crippen LogP contribution is 2.27. The molecule has 1 saturated heterocycles. The van der Waals surface area contributed by atoms with E-state index in [-0.39, 0.29) is 23.8 Å². The number of carbonyl (C=O) groups is 2. The summed E-state index contributed by atoms with van der Waals surface area (Å²) in [6, 6.07) is 5.45. The van der Waals surface area contributed by atoms with Crippen LogP contribution in [-0.2, 0) is 16.0 Å². The average Bonchev–Trinajstić information content (AvgIpc) is 3.11. The number of likely N-dealkylation sites (tertiary alicyclic amines) is 1. The molecule has 0 radical (unpaired) electrons. The molecule has 0 aliphatic carbocycles. The molecule has 0 spiro atoms. The fourth-order valence-electron chi connectivity index (χ4n) is 3.05. The van der Waals surface area contributed by atoms with E-state index >= 15 is 0 Å². The first-order valence-electron chi connectivity index (χ1n) is 8.48. The lowest BCUT2D eigenvalue weighted by molar-refractivity contribution is -0.126.